The number of halogens is 3. The maximum absolute atomic E-state index is 13.3. The van der Waals surface area contributed by atoms with Crippen molar-refractivity contribution in [2.24, 2.45) is 0 Å². The van der Waals surface area contributed by atoms with Crippen LogP contribution in [0.3, 0.4) is 0 Å². The Bertz CT molecular complexity index is 1090. The second kappa shape index (κ2) is 9.98. The van der Waals surface area contributed by atoms with Crippen LogP contribution in [0.1, 0.15) is 25.8 Å². The number of hydrogen-bond donors (Lipinski definition) is 2. The van der Waals surface area contributed by atoms with E-state index < -0.39 is 21.8 Å². The number of aliphatic hydroxyl groups is 1. The Balaban J connectivity index is 1.56. The molecule has 0 saturated carbocycles. The Labute approximate surface area is 207 Å². The minimum Gasteiger partial charge on any atom is -0.378 e. The summed E-state index contributed by atoms with van der Waals surface area (Å²) in [6.45, 7) is 4.95. The van der Waals surface area contributed by atoms with E-state index in [2.05, 4.69) is 5.32 Å². The maximum Gasteiger partial charge on any atom is 0.421 e. The highest BCUT2D eigenvalue weighted by molar-refractivity contribution is 7.91. The molecule has 2 fully saturated rings. The third-order valence-corrected chi connectivity index (χ3v) is 9.87. The first-order valence-electron chi connectivity index (χ1n) is 11.4. The first kappa shape index (κ1) is 26.4. The summed E-state index contributed by atoms with van der Waals surface area (Å²) < 4.78 is 73.1. The molecule has 3 heterocycles. The van der Waals surface area contributed by atoms with Crippen LogP contribution in [-0.2, 0) is 20.4 Å². The van der Waals surface area contributed by atoms with Crippen LogP contribution in [0.2, 0.25) is 0 Å². The van der Waals surface area contributed by atoms with Gasteiger partial charge in [0, 0.05) is 37.4 Å². The van der Waals surface area contributed by atoms with Gasteiger partial charge in [0.25, 0.3) is 10.0 Å². The van der Waals surface area contributed by atoms with Crippen LogP contribution in [0.5, 0.6) is 0 Å². The van der Waals surface area contributed by atoms with Crippen LogP contribution >= 0.6 is 11.3 Å². The smallest absolute Gasteiger partial charge is 0.378 e. The summed E-state index contributed by atoms with van der Waals surface area (Å²) in [6, 6.07) is 9.11. The lowest BCUT2D eigenvalue weighted by Gasteiger charge is -2.43. The molecule has 3 atom stereocenters. The van der Waals surface area contributed by atoms with Gasteiger partial charge < -0.3 is 20.1 Å². The molecule has 194 valence electrons. The monoisotopic (exact) mass is 533 g/mol. The van der Waals surface area contributed by atoms with Crippen molar-refractivity contribution in [2.75, 3.05) is 37.7 Å². The predicted octanol–water partition coefficient (Wildman–Crippen LogP) is 3.16. The van der Waals surface area contributed by atoms with Gasteiger partial charge in [-0.15, -0.1) is 11.3 Å². The zero-order valence-electron chi connectivity index (χ0n) is 19.5. The van der Waals surface area contributed by atoms with E-state index in [-0.39, 0.29) is 36.8 Å². The molecule has 0 aliphatic carbocycles. The topological polar surface area (TPSA) is 82.1 Å². The molecule has 2 saturated heterocycles. The molecular weight excluding hydrogens is 503 g/mol. The first-order chi connectivity index (χ1) is 16.4. The van der Waals surface area contributed by atoms with Crippen LogP contribution in [0, 0.1) is 0 Å². The van der Waals surface area contributed by atoms with Crippen molar-refractivity contribution in [1.82, 2.24) is 9.62 Å². The highest BCUT2D eigenvalue weighted by Gasteiger charge is 2.51. The number of nitrogens with one attached hydrogen (secondary N) is 1. The fraction of sp³-hybridized carbons (Fsp3) is 0.565. The summed E-state index contributed by atoms with van der Waals surface area (Å²) in [7, 11) is -3.63. The van der Waals surface area contributed by atoms with Crippen molar-refractivity contribution in [3.05, 3.63) is 47.3 Å². The lowest BCUT2D eigenvalue weighted by atomic mass is 9.94. The quantitative estimate of drug-likeness (QED) is 0.543. The maximum atomic E-state index is 13.3. The zero-order chi connectivity index (χ0) is 25.4. The van der Waals surface area contributed by atoms with Gasteiger partial charge in [0.15, 0.2) is 5.60 Å². The number of alkyl halides is 3. The lowest BCUT2D eigenvalue weighted by molar-refractivity contribution is -0.258. The van der Waals surface area contributed by atoms with Crippen LogP contribution < -0.4 is 10.2 Å². The fourth-order valence-electron chi connectivity index (χ4n) is 4.48. The summed E-state index contributed by atoms with van der Waals surface area (Å²) in [4.78, 5) is 2.04. The van der Waals surface area contributed by atoms with Gasteiger partial charge in [0.1, 0.15) is 4.21 Å². The van der Waals surface area contributed by atoms with Gasteiger partial charge in [-0.3, -0.25) is 0 Å². The van der Waals surface area contributed by atoms with Crippen molar-refractivity contribution < 1.29 is 31.4 Å². The highest BCUT2D eigenvalue weighted by Crippen LogP contribution is 2.39. The Kier molecular flexibility index (Phi) is 7.52. The zero-order valence-corrected chi connectivity index (χ0v) is 21.2. The largest absolute Gasteiger partial charge is 0.421 e. The van der Waals surface area contributed by atoms with Gasteiger partial charge >= 0.3 is 6.18 Å². The van der Waals surface area contributed by atoms with E-state index in [1.807, 2.05) is 11.8 Å². The molecule has 0 amide bonds. The molecule has 1 aromatic heterocycles. The van der Waals surface area contributed by atoms with Gasteiger partial charge in [-0.1, -0.05) is 18.2 Å². The van der Waals surface area contributed by atoms with E-state index in [1.54, 1.807) is 29.6 Å². The summed E-state index contributed by atoms with van der Waals surface area (Å²) in [6.07, 6.45) is -4.17. The summed E-state index contributed by atoms with van der Waals surface area (Å²) >= 11 is 1.18. The third-order valence-electron chi connectivity index (χ3n) is 6.63. The number of piperazine rings is 1. The van der Waals surface area contributed by atoms with E-state index >= 15 is 0 Å². The molecule has 12 heteroatoms. The number of anilines is 1. The average Bonchev–Trinajstić information content (AvgIpc) is 3.31. The molecule has 7 nitrogen and oxygen atoms in total. The molecule has 35 heavy (non-hydrogen) atoms. The number of ether oxygens (including phenoxy) is 1. The summed E-state index contributed by atoms with van der Waals surface area (Å²) in [5, 5.41) is 15.2. The number of benzene rings is 1. The normalized spacial score (nSPS) is 23.0. The van der Waals surface area contributed by atoms with Crippen molar-refractivity contribution in [3.63, 3.8) is 0 Å². The Morgan fingerprint density at radius 2 is 1.89 bits per heavy atom. The predicted molar refractivity (Wildman–Crippen MR) is 128 cm³/mol. The molecule has 1 aromatic carbocycles. The Morgan fingerprint density at radius 1 is 1.20 bits per heavy atom. The van der Waals surface area contributed by atoms with E-state index in [4.69, 9.17) is 4.74 Å². The standard InChI is InChI=1S/C23H30F3N3O4S2/c1-16(27-18-14-33-15-18)12-20-13-28(35(31,32)21-4-3-11-34-21)9-10-29(20)19-7-5-17(6-8-19)22(2,30)23(24,25)26/h3-8,11,16,18,20,27,30H,9-10,12-15H2,1-2H3/t16-,20+,22?/m1/s1. The van der Waals surface area contributed by atoms with Crippen LogP contribution in [0.4, 0.5) is 18.9 Å². The Morgan fingerprint density at radius 3 is 2.43 bits per heavy atom. The summed E-state index contributed by atoms with van der Waals surface area (Å²) in [5.74, 6) is 0. The third kappa shape index (κ3) is 5.52. The van der Waals surface area contributed by atoms with Gasteiger partial charge in [-0.05, 0) is 49.4 Å². The molecule has 0 radical (unpaired) electrons. The molecule has 2 N–H and O–H groups in total. The van der Waals surface area contributed by atoms with Crippen molar-refractivity contribution in [1.29, 1.82) is 0 Å². The van der Waals surface area contributed by atoms with E-state index in [1.165, 1.54) is 27.8 Å². The number of thiophene rings is 1. The Hall–Kier alpha value is -1.70. The fourth-order valence-corrected chi connectivity index (χ4v) is 7.09. The minimum absolute atomic E-state index is 0.0750. The number of hydrogen-bond acceptors (Lipinski definition) is 7. The lowest BCUT2D eigenvalue weighted by Crippen LogP contribution is -2.57. The number of rotatable bonds is 8. The minimum atomic E-state index is -4.80. The van der Waals surface area contributed by atoms with Crippen molar-refractivity contribution >= 4 is 27.0 Å². The number of nitrogens with zero attached hydrogens (tertiary/aromatic N) is 2. The molecule has 1 unspecified atom stereocenters. The average molecular weight is 534 g/mol. The van der Waals surface area contributed by atoms with Crippen molar-refractivity contribution in [3.8, 4) is 0 Å². The van der Waals surface area contributed by atoms with Gasteiger partial charge in [0.05, 0.1) is 19.3 Å². The molecule has 0 spiro atoms. The second-order valence-electron chi connectivity index (χ2n) is 9.30. The van der Waals surface area contributed by atoms with Crippen LogP contribution in [0.25, 0.3) is 0 Å². The molecule has 0 bridgehead atoms. The molecule has 2 aliphatic rings. The van der Waals surface area contributed by atoms with E-state index in [9.17, 15) is 26.7 Å². The molecule has 4 rings (SSSR count). The van der Waals surface area contributed by atoms with Crippen molar-refractivity contribution in [2.45, 2.75) is 54.4 Å². The summed E-state index contributed by atoms with van der Waals surface area (Å²) in [5.41, 5.74) is -2.52. The van der Waals surface area contributed by atoms with E-state index in [0.29, 0.717) is 36.1 Å². The van der Waals surface area contributed by atoms with Gasteiger partial charge in [0.2, 0.25) is 0 Å². The van der Waals surface area contributed by atoms with Crippen LogP contribution in [0.15, 0.2) is 46.0 Å². The SMILES string of the molecule is C[C@H](C[C@H]1CN(S(=O)(=O)c2cccs2)CCN1c1ccc(C(C)(O)C(F)(F)F)cc1)NC1COC1. The molecule has 2 aromatic rings. The van der Waals surface area contributed by atoms with Gasteiger partial charge in [-0.25, -0.2) is 8.42 Å². The molecule has 2 aliphatic heterocycles. The number of sulfonamides is 1. The van der Waals surface area contributed by atoms with Crippen LogP contribution in [-0.4, -0.2) is 75.0 Å². The van der Waals surface area contributed by atoms with Gasteiger partial charge in [-0.2, -0.15) is 17.5 Å². The molecular formula is C23H30F3N3O4S2. The highest BCUT2D eigenvalue weighted by atomic mass is 32.2. The van der Waals surface area contributed by atoms with E-state index in [0.717, 1.165) is 6.92 Å². The first-order valence-corrected chi connectivity index (χ1v) is 13.8. The second-order valence-corrected chi connectivity index (χ2v) is 12.4.